The van der Waals surface area contributed by atoms with Crippen molar-refractivity contribution in [1.29, 1.82) is 0 Å². The van der Waals surface area contributed by atoms with Crippen LogP contribution in [0.2, 0.25) is 0 Å². The van der Waals surface area contributed by atoms with Gasteiger partial charge in [0.05, 0.1) is 5.60 Å². The highest BCUT2D eigenvalue weighted by molar-refractivity contribution is 5.75. The van der Waals surface area contributed by atoms with Crippen LogP contribution in [-0.2, 0) is 9.53 Å². The zero-order chi connectivity index (χ0) is 11.9. The monoisotopic (exact) mass is 214 g/mol. The minimum Gasteiger partial charge on any atom is -0.376 e. The number of rotatable bonds is 8. The van der Waals surface area contributed by atoms with Gasteiger partial charge in [0, 0.05) is 13.0 Å². The second-order valence-corrected chi connectivity index (χ2v) is 5.35. The van der Waals surface area contributed by atoms with Gasteiger partial charge in [-0.05, 0) is 46.0 Å². The Morgan fingerprint density at radius 3 is 2.40 bits per heavy atom. The van der Waals surface area contributed by atoms with Crippen LogP contribution in [0.4, 0.5) is 0 Å². The van der Waals surface area contributed by atoms with Gasteiger partial charge in [0.2, 0.25) is 0 Å². The summed E-state index contributed by atoms with van der Waals surface area (Å²) in [5.41, 5.74) is -0.0790. The highest BCUT2D eigenvalue weighted by Crippen LogP contribution is 2.19. The molecule has 0 aromatic carbocycles. The molecule has 0 rings (SSSR count). The first-order chi connectivity index (χ1) is 6.83. The van der Waals surface area contributed by atoms with E-state index in [0.717, 1.165) is 25.9 Å². The van der Waals surface area contributed by atoms with Gasteiger partial charge in [-0.25, -0.2) is 0 Å². The van der Waals surface area contributed by atoms with Crippen LogP contribution in [0, 0.1) is 5.92 Å². The second-order valence-electron chi connectivity index (χ2n) is 5.35. The van der Waals surface area contributed by atoms with Crippen LogP contribution in [-0.4, -0.2) is 18.0 Å². The van der Waals surface area contributed by atoms with E-state index < -0.39 is 0 Å². The van der Waals surface area contributed by atoms with Crippen LogP contribution < -0.4 is 0 Å². The van der Waals surface area contributed by atoms with Crippen molar-refractivity contribution in [3.63, 3.8) is 0 Å². The molecular formula is C13H26O2. The van der Waals surface area contributed by atoms with Crippen LogP contribution in [0.25, 0.3) is 0 Å². The SMILES string of the molecule is CC(=O)CCCC(C)(C)OCCC(C)C. The molecule has 0 bridgehead atoms. The number of carbonyl (C=O) groups is 1. The highest BCUT2D eigenvalue weighted by Gasteiger charge is 2.17. The molecule has 0 aromatic heterocycles. The van der Waals surface area contributed by atoms with E-state index in [1.165, 1.54) is 0 Å². The van der Waals surface area contributed by atoms with Crippen molar-refractivity contribution in [2.45, 2.75) is 65.9 Å². The van der Waals surface area contributed by atoms with Crippen molar-refractivity contribution in [2.75, 3.05) is 6.61 Å². The second kappa shape index (κ2) is 7.00. The summed E-state index contributed by atoms with van der Waals surface area (Å²) in [7, 11) is 0. The van der Waals surface area contributed by atoms with Gasteiger partial charge in [0.15, 0.2) is 0 Å². The molecule has 0 aliphatic carbocycles. The molecule has 2 heteroatoms. The summed E-state index contributed by atoms with van der Waals surface area (Å²) in [6.07, 6.45) is 3.68. The Kier molecular flexibility index (Phi) is 6.82. The Balaban J connectivity index is 3.62. The summed E-state index contributed by atoms with van der Waals surface area (Å²) >= 11 is 0. The van der Waals surface area contributed by atoms with Gasteiger partial charge in [-0.2, -0.15) is 0 Å². The lowest BCUT2D eigenvalue weighted by molar-refractivity contribution is -0.117. The molecule has 0 unspecified atom stereocenters. The molecule has 0 heterocycles. The third kappa shape index (κ3) is 9.92. The number of hydrogen-bond donors (Lipinski definition) is 0. The van der Waals surface area contributed by atoms with Crippen molar-refractivity contribution in [2.24, 2.45) is 5.92 Å². The first-order valence-corrected chi connectivity index (χ1v) is 5.97. The van der Waals surface area contributed by atoms with Crippen molar-refractivity contribution in [3.05, 3.63) is 0 Å². The molecule has 0 aliphatic rings. The summed E-state index contributed by atoms with van der Waals surface area (Å²) in [6, 6.07) is 0. The molecule has 0 atom stereocenters. The Morgan fingerprint density at radius 1 is 1.33 bits per heavy atom. The van der Waals surface area contributed by atoms with Gasteiger partial charge in [0.25, 0.3) is 0 Å². The van der Waals surface area contributed by atoms with Gasteiger partial charge in [-0.15, -0.1) is 0 Å². The van der Waals surface area contributed by atoms with E-state index in [1.54, 1.807) is 6.92 Å². The van der Waals surface area contributed by atoms with Crippen molar-refractivity contribution in [1.82, 2.24) is 0 Å². The average molecular weight is 214 g/mol. The van der Waals surface area contributed by atoms with Gasteiger partial charge in [-0.3, -0.25) is 0 Å². The first kappa shape index (κ1) is 14.6. The van der Waals surface area contributed by atoms with Crippen LogP contribution in [0.1, 0.15) is 60.3 Å². The Morgan fingerprint density at radius 2 is 1.93 bits per heavy atom. The number of ether oxygens (including phenoxy) is 1. The lowest BCUT2D eigenvalue weighted by Crippen LogP contribution is -2.25. The van der Waals surface area contributed by atoms with Gasteiger partial charge >= 0.3 is 0 Å². The lowest BCUT2D eigenvalue weighted by atomic mass is 10.00. The summed E-state index contributed by atoms with van der Waals surface area (Å²) < 4.78 is 5.81. The normalized spacial score (nSPS) is 12.1. The molecule has 0 saturated carbocycles. The quantitative estimate of drug-likeness (QED) is 0.617. The largest absolute Gasteiger partial charge is 0.376 e. The van der Waals surface area contributed by atoms with Crippen molar-refractivity contribution >= 4 is 5.78 Å². The average Bonchev–Trinajstić information content (AvgIpc) is 2.01. The fourth-order valence-corrected chi connectivity index (χ4v) is 1.41. The smallest absolute Gasteiger partial charge is 0.129 e. The van der Waals surface area contributed by atoms with E-state index in [0.29, 0.717) is 12.3 Å². The van der Waals surface area contributed by atoms with Crippen LogP contribution in [0.5, 0.6) is 0 Å². The minimum atomic E-state index is -0.0790. The van der Waals surface area contributed by atoms with Crippen LogP contribution >= 0.6 is 0 Å². The van der Waals surface area contributed by atoms with Crippen molar-refractivity contribution in [3.8, 4) is 0 Å². The highest BCUT2D eigenvalue weighted by atomic mass is 16.5. The summed E-state index contributed by atoms with van der Waals surface area (Å²) in [6.45, 7) is 11.1. The minimum absolute atomic E-state index is 0.0790. The van der Waals surface area contributed by atoms with E-state index in [2.05, 4.69) is 27.7 Å². The fraction of sp³-hybridized carbons (Fsp3) is 0.923. The molecule has 0 N–H and O–H groups in total. The standard InChI is InChI=1S/C13H26O2/c1-11(2)8-10-15-13(4,5)9-6-7-12(3)14/h11H,6-10H2,1-5H3. The van der Waals surface area contributed by atoms with E-state index >= 15 is 0 Å². The van der Waals surface area contributed by atoms with E-state index in [9.17, 15) is 4.79 Å². The summed E-state index contributed by atoms with van der Waals surface area (Å²) in [5, 5.41) is 0. The summed E-state index contributed by atoms with van der Waals surface area (Å²) in [4.78, 5) is 10.8. The predicted octanol–water partition coefficient (Wildman–Crippen LogP) is 3.59. The van der Waals surface area contributed by atoms with Crippen molar-refractivity contribution < 1.29 is 9.53 Å². The number of ketones is 1. The Bertz CT molecular complexity index is 183. The molecule has 15 heavy (non-hydrogen) atoms. The van der Waals surface area contributed by atoms with E-state index in [-0.39, 0.29) is 11.4 Å². The predicted molar refractivity (Wildman–Crippen MR) is 64.0 cm³/mol. The zero-order valence-electron chi connectivity index (χ0n) is 10.9. The molecule has 0 aromatic rings. The third-order valence-corrected chi connectivity index (χ3v) is 2.50. The van der Waals surface area contributed by atoms with Gasteiger partial charge in [0.1, 0.15) is 5.78 Å². The molecule has 0 aliphatic heterocycles. The fourth-order valence-electron chi connectivity index (χ4n) is 1.41. The molecule has 0 spiro atoms. The lowest BCUT2D eigenvalue weighted by Gasteiger charge is -2.25. The third-order valence-electron chi connectivity index (χ3n) is 2.50. The molecule has 0 amide bonds. The van der Waals surface area contributed by atoms with E-state index in [1.807, 2.05) is 0 Å². The molecular weight excluding hydrogens is 188 g/mol. The molecule has 2 nitrogen and oxygen atoms in total. The summed E-state index contributed by atoms with van der Waals surface area (Å²) in [5.74, 6) is 0.964. The molecule has 0 fully saturated rings. The number of hydrogen-bond acceptors (Lipinski definition) is 2. The topological polar surface area (TPSA) is 26.3 Å². The van der Waals surface area contributed by atoms with Gasteiger partial charge in [-0.1, -0.05) is 13.8 Å². The number of carbonyl (C=O) groups excluding carboxylic acids is 1. The van der Waals surface area contributed by atoms with Crippen LogP contribution in [0.15, 0.2) is 0 Å². The van der Waals surface area contributed by atoms with Crippen LogP contribution in [0.3, 0.4) is 0 Å². The van der Waals surface area contributed by atoms with Gasteiger partial charge < -0.3 is 9.53 Å². The maximum absolute atomic E-state index is 10.8. The Hall–Kier alpha value is -0.370. The van der Waals surface area contributed by atoms with E-state index in [4.69, 9.17) is 4.74 Å². The Labute approximate surface area is 94.4 Å². The molecule has 0 saturated heterocycles. The molecule has 0 radical (unpaired) electrons. The number of Topliss-reactive ketones (excluding diaryl/α,β-unsaturated/α-hetero) is 1. The maximum atomic E-state index is 10.8. The zero-order valence-corrected chi connectivity index (χ0v) is 10.9. The first-order valence-electron chi connectivity index (χ1n) is 5.97. The maximum Gasteiger partial charge on any atom is 0.129 e. The molecule has 90 valence electrons.